The minimum Gasteiger partial charge on any atom is -0.506 e. The molecule has 1 aromatic heterocycles. The molecule has 0 radical (unpaired) electrons. The molecule has 0 atom stereocenters. The zero-order valence-electron chi connectivity index (χ0n) is 10.0. The Labute approximate surface area is 112 Å². The predicted molar refractivity (Wildman–Crippen MR) is 67.2 cm³/mol. The molecule has 2 rings (SSSR count). The van der Waals surface area contributed by atoms with Gasteiger partial charge in [-0.05, 0) is 18.2 Å². The molecular formula is C13H9FN2O4. The van der Waals surface area contributed by atoms with E-state index >= 15 is 0 Å². The van der Waals surface area contributed by atoms with E-state index in [2.05, 4.69) is 10.3 Å². The summed E-state index contributed by atoms with van der Waals surface area (Å²) in [6.07, 6.45) is 2.33. The van der Waals surface area contributed by atoms with Crippen molar-refractivity contribution in [3.63, 3.8) is 0 Å². The van der Waals surface area contributed by atoms with Crippen LogP contribution in [0, 0.1) is 5.82 Å². The van der Waals surface area contributed by atoms with Crippen LogP contribution in [0.5, 0.6) is 5.75 Å². The van der Waals surface area contributed by atoms with Crippen LogP contribution in [0.1, 0.15) is 20.7 Å². The maximum atomic E-state index is 13.4. The van der Waals surface area contributed by atoms with Gasteiger partial charge in [0.25, 0.3) is 5.91 Å². The molecule has 1 amide bonds. The number of nitrogens with zero attached hydrogens (tertiary/aromatic N) is 1. The molecule has 7 heteroatoms. The molecule has 0 aliphatic carbocycles. The van der Waals surface area contributed by atoms with E-state index in [0.717, 1.165) is 18.3 Å². The van der Waals surface area contributed by atoms with E-state index in [0.29, 0.717) is 0 Å². The lowest BCUT2D eigenvalue weighted by atomic mass is 10.1. The summed E-state index contributed by atoms with van der Waals surface area (Å²) in [4.78, 5) is 26.5. The van der Waals surface area contributed by atoms with Crippen molar-refractivity contribution in [1.29, 1.82) is 0 Å². The van der Waals surface area contributed by atoms with E-state index in [1.165, 1.54) is 18.3 Å². The summed E-state index contributed by atoms with van der Waals surface area (Å²) in [5.74, 6) is -3.37. The molecule has 0 fully saturated rings. The minimum atomic E-state index is -1.49. The second kappa shape index (κ2) is 5.35. The van der Waals surface area contributed by atoms with E-state index in [1.807, 2.05) is 0 Å². The van der Waals surface area contributed by atoms with Gasteiger partial charge in [-0.3, -0.25) is 9.78 Å². The normalized spacial score (nSPS) is 10.1. The maximum Gasteiger partial charge on any atom is 0.340 e. The second-order valence-corrected chi connectivity index (χ2v) is 3.85. The highest BCUT2D eigenvalue weighted by Crippen LogP contribution is 2.20. The van der Waals surface area contributed by atoms with Crippen LogP contribution < -0.4 is 5.32 Å². The lowest BCUT2D eigenvalue weighted by Crippen LogP contribution is -2.16. The molecule has 2 aromatic rings. The fourth-order valence-electron chi connectivity index (χ4n) is 1.59. The molecule has 0 bridgehead atoms. The molecule has 0 spiro atoms. The summed E-state index contributed by atoms with van der Waals surface area (Å²) in [6.45, 7) is 0. The van der Waals surface area contributed by atoms with Crippen LogP contribution in [0.3, 0.4) is 0 Å². The first kappa shape index (κ1) is 13.5. The summed E-state index contributed by atoms with van der Waals surface area (Å²) in [5.41, 5.74) is -0.787. The number of carbonyl (C=O) groups excluding carboxylic acids is 1. The van der Waals surface area contributed by atoms with Gasteiger partial charge in [0, 0.05) is 6.20 Å². The molecule has 0 aliphatic rings. The number of aromatic carboxylic acids is 1. The number of carbonyl (C=O) groups is 2. The van der Waals surface area contributed by atoms with Gasteiger partial charge in [-0.25, -0.2) is 9.18 Å². The van der Waals surface area contributed by atoms with Gasteiger partial charge in [-0.1, -0.05) is 6.07 Å². The highest BCUT2D eigenvalue weighted by Gasteiger charge is 2.18. The van der Waals surface area contributed by atoms with Gasteiger partial charge >= 0.3 is 5.97 Å². The Kier molecular flexibility index (Phi) is 3.60. The number of nitrogens with one attached hydrogen (secondary N) is 1. The minimum absolute atomic E-state index is 0.0191. The van der Waals surface area contributed by atoms with Crippen molar-refractivity contribution >= 4 is 17.6 Å². The van der Waals surface area contributed by atoms with Crippen molar-refractivity contribution in [2.24, 2.45) is 0 Å². The Hall–Kier alpha value is -2.96. The van der Waals surface area contributed by atoms with E-state index in [-0.39, 0.29) is 17.0 Å². The Morgan fingerprint density at radius 1 is 1.25 bits per heavy atom. The number of aromatic nitrogens is 1. The van der Waals surface area contributed by atoms with E-state index in [9.17, 15) is 19.1 Å². The average Bonchev–Trinajstić information content (AvgIpc) is 2.38. The standard InChI is InChI=1S/C13H9FN2O4/c14-9-2-1-3-10(11(9)13(19)20)16-12(18)7-4-8(17)6-15-5-7/h1-6,17H,(H,16,18)(H,19,20). The number of hydrogen-bond acceptors (Lipinski definition) is 4. The van der Waals surface area contributed by atoms with Crippen molar-refractivity contribution in [1.82, 2.24) is 4.98 Å². The average molecular weight is 276 g/mol. The third kappa shape index (κ3) is 2.72. The summed E-state index contributed by atoms with van der Waals surface area (Å²) < 4.78 is 13.4. The molecule has 1 aromatic carbocycles. The Morgan fingerprint density at radius 3 is 2.65 bits per heavy atom. The largest absolute Gasteiger partial charge is 0.506 e. The van der Waals surface area contributed by atoms with Crippen LogP contribution in [0.4, 0.5) is 10.1 Å². The fraction of sp³-hybridized carbons (Fsp3) is 0. The lowest BCUT2D eigenvalue weighted by molar-refractivity contribution is 0.0693. The zero-order chi connectivity index (χ0) is 14.7. The van der Waals surface area contributed by atoms with Gasteiger partial charge < -0.3 is 15.5 Å². The Balaban J connectivity index is 2.33. The fourth-order valence-corrected chi connectivity index (χ4v) is 1.59. The molecule has 3 N–H and O–H groups in total. The number of amides is 1. The van der Waals surface area contributed by atoms with Crippen molar-refractivity contribution in [2.45, 2.75) is 0 Å². The van der Waals surface area contributed by atoms with Gasteiger partial charge in [0.05, 0.1) is 17.4 Å². The molecule has 6 nitrogen and oxygen atoms in total. The summed E-state index contributed by atoms with van der Waals surface area (Å²) in [7, 11) is 0. The smallest absolute Gasteiger partial charge is 0.340 e. The van der Waals surface area contributed by atoms with Gasteiger partial charge in [-0.2, -0.15) is 0 Å². The first-order chi connectivity index (χ1) is 9.49. The summed E-state index contributed by atoms with van der Waals surface area (Å²) >= 11 is 0. The van der Waals surface area contributed by atoms with Crippen molar-refractivity contribution in [2.75, 3.05) is 5.32 Å². The van der Waals surface area contributed by atoms with Crippen LogP contribution in [0.2, 0.25) is 0 Å². The molecule has 0 aliphatic heterocycles. The SMILES string of the molecule is O=C(Nc1cccc(F)c1C(=O)O)c1cncc(O)c1. The van der Waals surface area contributed by atoms with Crippen LogP contribution >= 0.6 is 0 Å². The quantitative estimate of drug-likeness (QED) is 0.794. The number of carboxylic acids is 1. The van der Waals surface area contributed by atoms with Crippen LogP contribution in [-0.4, -0.2) is 27.1 Å². The van der Waals surface area contributed by atoms with Crippen LogP contribution in [0.15, 0.2) is 36.7 Å². The summed E-state index contributed by atoms with van der Waals surface area (Å²) in [6, 6.07) is 4.68. The first-order valence-electron chi connectivity index (χ1n) is 5.46. The van der Waals surface area contributed by atoms with E-state index in [4.69, 9.17) is 5.11 Å². The van der Waals surface area contributed by atoms with Crippen molar-refractivity contribution in [3.8, 4) is 5.75 Å². The van der Waals surface area contributed by atoms with Crippen LogP contribution in [-0.2, 0) is 0 Å². The molecule has 0 saturated carbocycles. The highest BCUT2D eigenvalue weighted by atomic mass is 19.1. The maximum absolute atomic E-state index is 13.4. The zero-order valence-corrected chi connectivity index (χ0v) is 10.0. The number of anilines is 1. The monoisotopic (exact) mass is 276 g/mol. The number of aromatic hydroxyl groups is 1. The summed E-state index contributed by atoms with van der Waals surface area (Å²) in [5, 5.41) is 20.4. The van der Waals surface area contributed by atoms with Crippen LogP contribution in [0.25, 0.3) is 0 Å². The predicted octanol–water partition coefficient (Wildman–Crippen LogP) is 1.88. The van der Waals surface area contributed by atoms with E-state index in [1.54, 1.807) is 0 Å². The molecular weight excluding hydrogens is 267 g/mol. The Bertz CT molecular complexity index is 688. The highest BCUT2D eigenvalue weighted by molar-refractivity contribution is 6.07. The molecule has 0 saturated heterocycles. The number of carboxylic acid groups (broad SMARTS) is 1. The number of benzene rings is 1. The number of hydrogen-bond donors (Lipinski definition) is 3. The van der Waals surface area contributed by atoms with Crippen molar-refractivity contribution < 1.29 is 24.2 Å². The third-order valence-corrected chi connectivity index (χ3v) is 2.46. The third-order valence-electron chi connectivity index (χ3n) is 2.46. The molecule has 1 heterocycles. The Morgan fingerprint density at radius 2 is 2.00 bits per heavy atom. The number of rotatable bonds is 3. The number of pyridine rings is 1. The lowest BCUT2D eigenvalue weighted by Gasteiger charge is -2.09. The molecule has 20 heavy (non-hydrogen) atoms. The van der Waals surface area contributed by atoms with E-state index < -0.39 is 23.3 Å². The molecule has 102 valence electrons. The van der Waals surface area contributed by atoms with Gasteiger partial charge in [0.2, 0.25) is 0 Å². The van der Waals surface area contributed by atoms with Gasteiger partial charge in [0.15, 0.2) is 0 Å². The topological polar surface area (TPSA) is 99.5 Å². The number of halogens is 1. The second-order valence-electron chi connectivity index (χ2n) is 3.85. The van der Waals surface area contributed by atoms with Gasteiger partial charge in [-0.15, -0.1) is 0 Å². The first-order valence-corrected chi connectivity index (χ1v) is 5.46. The van der Waals surface area contributed by atoms with Crippen molar-refractivity contribution in [3.05, 3.63) is 53.6 Å². The molecule has 0 unspecified atom stereocenters. The van der Waals surface area contributed by atoms with Gasteiger partial charge in [0.1, 0.15) is 17.1 Å².